The molecule has 19 heavy (non-hydrogen) atoms. The zero-order valence-corrected chi connectivity index (χ0v) is 12.5. The van der Waals surface area contributed by atoms with Crippen molar-refractivity contribution in [2.75, 3.05) is 18.6 Å². The Bertz CT molecular complexity index is 312. The van der Waals surface area contributed by atoms with E-state index < -0.39 is 12.0 Å². The molecule has 1 rings (SSSR count). The molecule has 0 aromatic rings. The molecule has 0 radical (unpaired) electrons. The minimum atomic E-state index is -0.951. The first-order valence-corrected chi connectivity index (χ1v) is 8.28. The molecule has 1 saturated heterocycles. The molecule has 0 spiro atoms. The van der Waals surface area contributed by atoms with Gasteiger partial charge >= 0.3 is 12.0 Å². The van der Waals surface area contributed by atoms with Gasteiger partial charge in [0.1, 0.15) is 6.04 Å². The Morgan fingerprint density at radius 3 is 2.79 bits per heavy atom. The van der Waals surface area contributed by atoms with Gasteiger partial charge in [-0.15, -0.1) is 0 Å². The summed E-state index contributed by atoms with van der Waals surface area (Å²) < 4.78 is 0. The van der Waals surface area contributed by atoms with Crippen LogP contribution < -0.4 is 5.32 Å². The van der Waals surface area contributed by atoms with Crippen LogP contribution in [0.1, 0.15) is 39.0 Å². The second kappa shape index (κ2) is 8.30. The van der Waals surface area contributed by atoms with Crippen molar-refractivity contribution in [1.82, 2.24) is 10.2 Å². The van der Waals surface area contributed by atoms with Crippen LogP contribution in [0.25, 0.3) is 0 Å². The molecule has 2 atom stereocenters. The highest BCUT2D eigenvalue weighted by Gasteiger charge is 2.28. The zero-order chi connectivity index (χ0) is 14.3. The molecule has 1 aliphatic heterocycles. The lowest BCUT2D eigenvalue weighted by atomic mass is 10.0. The first-order chi connectivity index (χ1) is 9.10. The van der Waals surface area contributed by atoms with E-state index in [1.165, 1.54) is 0 Å². The minimum absolute atomic E-state index is 0.222. The van der Waals surface area contributed by atoms with Gasteiger partial charge in [-0.2, -0.15) is 11.8 Å². The third kappa shape index (κ3) is 4.93. The summed E-state index contributed by atoms with van der Waals surface area (Å²) in [5.74, 6) is -0.221. The number of rotatable bonds is 6. The molecule has 1 heterocycles. The number of carboxylic acid groups (broad SMARTS) is 1. The standard InChI is InChI=1S/C13H24N2O3S/c1-3-10-6-4-5-8-15(10)13(18)14-11(12(16)17)7-9-19-2/h10-11H,3-9H2,1-2H3,(H,14,18)(H,16,17). The third-order valence-corrected chi connectivity index (χ3v) is 4.21. The number of carbonyl (C=O) groups is 2. The molecule has 6 heteroatoms. The highest BCUT2D eigenvalue weighted by atomic mass is 32.2. The smallest absolute Gasteiger partial charge is 0.326 e. The lowest BCUT2D eigenvalue weighted by Gasteiger charge is -2.35. The van der Waals surface area contributed by atoms with Crippen molar-refractivity contribution in [3.63, 3.8) is 0 Å². The van der Waals surface area contributed by atoms with Gasteiger partial charge in [-0.3, -0.25) is 0 Å². The third-order valence-electron chi connectivity index (χ3n) is 3.57. The fourth-order valence-corrected chi connectivity index (χ4v) is 2.89. The molecule has 110 valence electrons. The minimum Gasteiger partial charge on any atom is -0.480 e. The average Bonchev–Trinajstić information content (AvgIpc) is 2.42. The molecule has 0 saturated carbocycles. The summed E-state index contributed by atoms with van der Waals surface area (Å²) in [5, 5.41) is 11.8. The number of thioether (sulfide) groups is 1. The fraction of sp³-hybridized carbons (Fsp3) is 0.846. The molecule has 2 unspecified atom stereocenters. The van der Waals surface area contributed by atoms with Crippen molar-refractivity contribution >= 4 is 23.8 Å². The van der Waals surface area contributed by atoms with Crippen molar-refractivity contribution in [2.24, 2.45) is 0 Å². The number of amides is 2. The SMILES string of the molecule is CCC1CCCCN1C(=O)NC(CCSC)C(=O)O. The number of nitrogens with zero attached hydrogens (tertiary/aromatic N) is 1. The van der Waals surface area contributed by atoms with Crippen LogP contribution in [0.15, 0.2) is 0 Å². The van der Waals surface area contributed by atoms with Crippen molar-refractivity contribution in [3.8, 4) is 0 Å². The normalized spacial score (nSPS) is 20.9. The number of urea groups is 1. The number of carbonyl (C=O) groups excluding carboxylic acids is 1. The summed E-state index contributed by atoms with van der Waals surface area (Å²) in [6.45, 7) is 2.80. The molecule has 2 N–H and O–H groups in total. The van der Waals surface area contributed by atoms with Crippen LogP contribution in [-0.4, -0.2) is 52.6 Å². The molecule has 0 aromatic carbocycles. The number of carboxylic acids is 1. The second-order valence-electron chi connectivity index (χ2n) is 4.87. The van der Waals surface area contributed by atoms with Crippen LogP contribution >= 0.6 is 11.8 Å². The van der Waals surface area contributed by atoms with E-state index in [1.807, 2.05) is 6.26 Å². The zero-order valence-electron chi connectivity index (χ0n) is 11.7. The van der Waals surface area contributed by atoms with Gasteiger partial charge < -0.3 is 15.3 Å². The molecule has 2 amide bonds. The number of piperidine rings is 1. The Labute approximate surface area is 119 Å². The molecule has 0 aromatic heterocycles. The van der Waals surface area contributed by atoms with E-state index in [0.717, 1.165) is 38.0 Å². The van der Waals surface area contributed by atoms with Gasteiger partial charge in [0.15, 0.2) is 0 Å². The van der Waals surface area contributed by atoms with Gasteiger partial charge in [0.05, 0.1) is 0 Å². The Kier molecular flexibility index (Phi) is 7.05. The van der Waals surface area contributed by atoms with E-state index >= 15 is 0 Å². The molecule has 0 aliphatic carbocycles. The Morgan fingerprint density at radius 1 is 1.47 bits per heavy atom. The van der Waals surface area contributed by atoms with Crippen LogP contribution in [0.4, 0.5) is 4.79 Å². The maximum atomic E-state index is 12.2. The van der Waals surface area contributed by atoms with Crippen molar-refractivity contribution < 1.29 is 14.7 Å². The predicted octanol–water partition coefficient (Wildman–Crippen LogP) is 2.17. The van der Waals surface area contributed by atoms with Crippen LogP contribution in [0.2, 0.25) is 0 Å². The molecular formula is C13H24N2O3S. The Balaban J connectivity index is 2.56. The Hall–Kier alpha value is -0.910. The van der Waals surface area contributed by atoms with Gasteiger partial charge in [-0.1, -0.05) is 6.92 Å². The first-order valence-electron chi connectivity index (χ1n) is 6.89. The van der Waals surface area contributed by atoms with Crippen molar-refractivity contribution in [1.29, 1.82) is 0 Å². The highest BCUT2D eigenvalue weighted by molar-refractivity contribution is 7.98. The lowest BCUT2D eigenvalue weighted by molar-refractivity contribution is -0.139. The van der Waals surface area contributed by atoms with Crippen LogP contribution in [0, 0.1) is 0 Å². The molecule has 0 bridgehead atoms. The number of likely N-dealkylation sites (tertiary alicyclic amines) is 1. The van der Waals surface area contributed by atoms with Crippen LogP contribution in [0.5, 0.6) is 0 Å². The van der Waals surface area contributed by atoms with Gasteiger partial charge in [-0.25, -0.2) is 9.59 Å². The van der Waals surface area contributed by atoms with E-state index in [-0.39, 0.29) is 12.1 Å². The monoisotopic (exact) mass is 288 g/mol. The summed E-state index contributed by atoms with van der Waals surface area (Å²) in [7, 11) is 0. The fourth-order valence-electron chi connectivity index (χ4n) is 2.42. The molecular weight excluding hydrogens is 264 g/mol. The molecule has 5 nitrogen and oxygen atoms in total. The second-order valence-corrected chi connectivity index (χ2v) is 5.86. The summed E-state index contributed by atoms with van der Waals surface area (Å²) in [5.41, 5.74) is 0. The topological polar surface area (TPSA) is 69.6 Å². The summed E-state index contributed by atoms with van der Waals surface area (Å²) in [6, 6.07) is -0.747. The number of aliphatic carboxylic acids is 1. The highest BCUT2D eigenvalue weighted by Crippen LogP contribution is 2.19. The van der Waals surface area contributed by atoms with Crippen LogP contribution in [-0.2, 0) is 4.79 Å². The maximum Gasteiger partial charge on any atom is 0.326 e. The lowest BCUT2D eigenvalue weighted by Crippen LogP contribution is -2.52. The van der Waals surface area contributed by atoms with Crippen LogP contribution in [0.3, 0.4) is 0 Å². The summed E-state index contributed by atoms with van der Waals surface area (Å²) >= 11 is 1.59. The molecule has 1 fully saturated rings. The van der Waals surface area contributed by atoms with Gasteiger partial charge in [0.2, 0.25) is 0 Å². The largest absolute Gasteiger partial charge is 0.480 e. The quantitative estimate of drug-likeness (QED) is 0.786. The maximum absolute atomic E-state index is 12.2. The van der Waals surface area contributed by atoms with Crippen molar-refractivity contribution in [2.45, 2.75) is 51.1 Å². The number of hydrogen-bond donors (Lipinski definition) is 2. The first kappa shape index (κ1) is 16.1. The Morgan fingerprint density at radius 2 is 2.21 bits per heavy atom. The average molecular weight is 288 g/mol. The number of nitrogens with one attached hydrogen (secondary N) is 1. The summed E-state index contributed by atoms with van der Waals surface area (Å²) in [4.78, 5) is 25.1. The van der Waals surface area contributed by atoms with E-state index in [4.69, 9.17) is 5.11 Å². The van der Waals surface area contributed by atoms with E-state index in [2.05, 4.69) is 12.2 Å². The van der Waals surface area contributed by atoms with E-state index in [0.29, 0.717) is 6.42 Å². The van der Waals surface area contributed by atoms with Gasteiger partial charge in [-0.05, 0) is 44.1 Å². The van der Waals surface area contributed by atoms with E-state index in [9.17, 15) is 9.59 Å². The van der Waals surface area contributed by atoms with Gasteiger partial charge in [0.25, 0.3) is 0 Å². The summed E-state index contributed by atoms with van der Waals surface area (Å²) in [6.07, 6.45) is 6.50. The molecule has 1 aliphatic rings. The predicted molar refractivity (Wildman–Crippen MR) is 77.6 cm³/mol. The van der Waals surface area contributed by atoms with E-state index in [1.54, 1.807) is 16.7 Å². The van der Waals surface area contributed by atoms with Gasteiger partial charge in [0, 0.05) is 12.6 Å². The van der Waals surface area contributed by atoms with Crippen molar-refractivity contribution in [3.05, 3.63) is 0 Å². The number of hydrogen-bond acceptors (Lipinski definition) is 3.